The molecule has 0 radical (unpaired) electrons. The quantitative estimate of drug-likeness (QED) is 0.715. The van der Waals surface area contributed by atoms with E-state index in [1.165, 1.54) is 6.33 Å². The van der Waals surface area contributed by atoms with Crippen LogP contribution >= 0.6 is 0 Å². The normalized spacial score (nSPS) is 13.5. The molecule has 0 aliphatic carbocycles. The van der Waals surface area contributed by atoms with Crippen LogP contribution in [-0.4, -0.2) is 31.2 Å². The maximum absolute atomic E-state index is 11.2. The maximum atomic E-state index is 11.2. The Balaban J connectivity index is 1.85. The molecule has 7 nitrogen and oxygen atoms in total. The summed E-state index contributed by atoms with van der Waals surface area (Å²) in [7, 11) is 0. The van der Waals surface area contributed by atoms with Gasteiger partial charge in [0.15, 0.2) is 0 Å². The van der Waals surface area contributed by atoms with Gasteiger partial charge in [0.25, 0.3) is 5.91 Å². The van der Waals surface area contributed by atoms with Crippen molar-refractivity contribution < 1.29 is 9.90 Å². The Bertz CT molecular complexity index is 948. The molecular formula is C18H19N5O2. The SMILES string of the molecule is C[C@H](O)[C@@H](CCn1cc(C#N)c2ccccc21)n1cnc(C(N)=O)c1. The van der Waals surface area contributed by atoms with Crippen LogP contribution in [0, 0.1) is 11.3 Å². The number of hydrogen-bond donors (Lipinski definition) is 2. The number of aliphatic hydroxyl groups is 1. The Morgan fingerprint density at radius 3 is 2.80 bits per heavy atom. The first kappa shape index (κ1) is 16.7. The molecule has 0 aliphatic rings. The number of hydrogen-bond acceptors (Lipinski definition) is 4. The van der Waals surface area contributed by atoms with E-state index in [0.29, 0.717) is 18.5 Å². The van der Waals surface area contributed by atoms with Crippen LogP contribution in [0.15, 0.2) is 43.0 Å². The summed E-state index contributed by atoms with van der Waals surface area (Å²) in [5.41, 5.74) is 7.01. The lowest BCUT2D eigenvalue weighted by Crippen LogP contribution is -2.22. The largest absolute Gasteiger partial charge is 0.391 e. The van der Waals surface area contributed by atoms with E-state index < -0.39 is 12.0 Å². The van der Waals surface area contributed by atoms with Crippen molar-refractivity contribution in [3.63, 3.8) is 0 Å². The number of nitrogens with two attached hydrogens (primary N) is 1. The third-order valence-corrected chi connectivity index (χ3v) is 4.37. The number of carbonyl (C=O) groups is 1. The van der Waals surface area contributed by atoms with Gasteiger partial charge in [0.2, 0.25) is 0 Å². The molecule has 0 unspecified atom stereocenters. The van der Waals surface area contributed by atoms with Crippen molar-refractivity contribution in [2.24, 2.45) is 5.73 Å². The van der Waals surface area contributed by atoms with Crippen LogP contribution in [0.4, 0.5) is 0 Å². The van der Waals surface area contributed by atoms with Gasteiger partial charge in [-0.15, -0.1) is 0 Å². The molecule has 2 heterocycles. The van der Waals surface area contributed by atoms with E-state index in [4.69, 9.17) is 5.73 Å². The van der Waals surface area contributed by atoms with Crippen molar-refractivity contribution in [1.82, 2.24) is 14.1 Å². The molecule has 0 saturated carbocycles. The lowest BCUT2D eigenvalue weighted by molar-refractivity contribution is 0.0994. The van der Waals surface area contributed by atoms with Gasteiger partial charge in [-0.3, -0.25) is 4.79 Å². The van der Waals surface area contributed by atoms with Crippen LogP contribution in [0.5, 0.6) is 0 Å². The fraction of sp³-hybridized carbons (Fsp3) is 0.278. The molecular weight excluding hydrogens is 318 g/mol. The van der Waals surface area contributed by atoms with E-state index in [1.807, 2.05) is 35.0 Å². The van der Waals surface area contributed by atoms with E-state index in [0.717, 1.165) is 10.9 Å². The van der Waals surface area contributed by atoms with Gasteiger partial charge in [-0.25, -0.2) is 4.98 Å². The molecule has 2 atom stereocenters. The number of primary amides is 1. The minimum Gasteiger partial charge on any atom is -0.391 e. The number of benzene rings is 1. The lowest BCUT2D eigenvalue weighted by atomic mass is 10.1. The second kappa shape index (κ2) is 6.79. The standard InChI is InChI=1S/C18H19N5O2/c1-12(24)16(23-10-15(18(20)25)21-11-23)6-7-22-9-13(8-19)14-4-2-3-5-17(14)22/h2-5,9-12,16,24H,6-7H2,1H3,(H2,20,25)/t12-,16+/m0/s1. The second-order valence-electron chi connectivity index (χ2n) is 6.03. The number of para-hydroxylation sites is 1. The second-order valence-corrected chi connectivity index (χ2v) is 6.03. The lowest BCUT2D eigenvalue weighted by Gasteiger charge is -2.21. The molecule has 3 rings (SSSR count). The van der Waals surface area contributed by atoms with Gasteiger partial charge in [0.1, 0.15) is 11.8 Å². The number of aliphatic hydroxyl groups excluding tert-OH is 1. The Morgan fingerprint density at radius 1 is 1.40 bits per heavy atom. The molecule has 0 spiro atoms. The van der Waals surface area contributed by atoms with Crippen molar-refractivity contribution >= 4 is 16.8 Å². The first-order valence-electron chi connectivity index (χ1n) is 8.00. The summed E-state index contributed by atoms with van der Waals surface area (Å²) in [6.07, 6.45) is 4.86. The third kappa shape index (κ3) is 3.25. The van der Waals surface area contributed by atoms with Gasteiger partial charge in [-0.05, 0) is 19.4 Å². The van der Waals surface area contributed by atoms with Crippen molar-refractivity contribution in [3.05, 3.63) is 54.2 Å². The molecule has 2 aromatic heterocycles. The van der Waals surface area contributed by atoms with Crippen LogP contribution in [0.1, 0.15) is 35.4 Å². The highest BCUT2D eigenvalue weighted by molar-refractivity contribution is 5.90. The summed E-state index contributed by atoms with van der Waals surface area (Å²) in [6.45, 7) is 2.31. The van der Waals surface area contributed by atoms with Crippen molar-refractivity contribution in [2.45, 2.75) is 32.0 Å². The van der Waals surface area contributed by atoms with E-state index in [9.17, 15) is 15.2 Å². The summed E-state index contributed by atoms with van der Waals surface area (Å²) in [4.78, 5) is 15.2. The predicted octanol–water partition coefficient (Wildman–Crippen LogP) is 1.82. The molecule has 1 aromatic carbocycles. The van der Waals surface area contributed by atoms with Crippen LogP contribution in [-0.2, 0) is 6.54 Å². The Labute approximate surface area is 144 Å². The first-order chi connectivity index (χ1) is 12.0. The Hall–Kier alpha value is -3.11. The smallest absolute Gasteiger partial charge is 0.268 e. The molecule has 25 heavy (non-hydrogen) atoms. The topological polar surface area (TPSA) is 110 Å². The van der Waals surface area contributed by atoms with E-state index in [-0.39, 0.29) is 11.7 Å². The number of aryl methyl sites for hydroxylation is 1. The number of rotatable bonds is 6. The van der Waals surface area contributed by atoms with Gasteiger partial charge in [0, 0.05) is 29.8 Å². The van der Waals surface area contributed by atoms with Crippen molar-refractivity contribution in [1.29, 1.82) is 5.26 Å². The Morgan fingerprint density at radius 2 is 2.16 bits per heavy atom. The number of aromatic nitrogens is 3. The summed E-state index contributed by atoms with van der Waals surface area (Å²) in [5.74, 6) is -0.599. The van der Waals surface area contributed by atoms with Crippen LogP contribution in [0.3, 0.4) is 0 Å². The fourth-order valence-corrected chi connectivity index (χ4v) is 3.08. The summed E-state index contributed by atoms with van der Waals surface area (Å²) < 4.78 is 3.72. The number of nitriles is 1. The number of carbonyl (C=O) groups excluding carboxylic acids is 1. The zero-order chi connectivity index (χ0) is 18.0. The minimum absolute atomic E-state index is 0.170. The highest BCUT2D eigenvalue weighted by Crippen LogP contribution is 2.24. The van der Waals surface area contributed by atoms with E-state index in [1.54, 1.807) is 17.7 Å². The maximum Gasteiger partial charge on any atom is 0.268 e. The van der Waals surface area contributed by atoms with E-state index >= 15 is 0 Å². The number of imidazole rings is 1. The highest BCUT2D eigenvalue weighted by atomic mass is 16.3. The first-order valence-corrected chi connectivity index (χ1v) is 8.00. The van der Waals surface area contributed by atoms with Crippen LogP contribution in [0.2, 0.25) is 0 Å². The minimum atomic E-state index is -0.632. The third-order valence-electron chi connectivity index (χ3n) is 4.37. The molecule has 128 valence electrons. The molecule has 0 aliphatic heterocycles. The monoisotopic (exact) mass is 337 g/mol. The van der Waals surface area contributed by atoms with Gasteiger partial charge < -0.3 is 20.0 Å². The average molecular weight is 337 g/mol. The summed E-state index contributed by atoms with van der Waals surface area (Å²) >= 11 is 0. The number of fused-ring (bicyclic) bond motifs is 1. The van der Waals surface area contributed by atoms with Crippen LogP contribution < -0.4 is 5.73 Å². The number of nitrogens with zero attached hydrogens (tertiary/aromatic N) is 4. The van der Waals surface area contributed by atoms with Gasteiger partial charge in [-0.1, -0.05) is 18.2 Å². The zero-order valence-corrected chi connectivity index (χ0v) is 13.8. The van der Waals surface area contributed by atoms with Crippen LogP contribution in [0.25, 0.3) is 10.9 Å². The van der Waals surface area contributed by atoms with Crippen molar-refractivity contribution in [2.75, 3.05) is 0 Å². The average Bonchev–Trinajstić information content (AvgIpc) is 3.20. The Kier molecular flexibility index (Phi) is 4.55. The summed E-state index contributed by atoms with van der Waals surface area (Å²) in [5, 5.41) is 20.3. The molecule has 0 bridgehead atoms. The highest BCUT2D eigenvalue weighted by Gasteiger charge is 2.19. The molecule has 0 saturated heterocycles. The zero-order valence-electron chi connectivity index (χ0n) is 13.8. The molecule has 7 heteroatoms. The molecule has 0 fully saturated rings. The van der Waals surface area contributed by atoms with Gasteiger partial charge >= 0.3 is 0 Å². The van der Waals surface area contributed by atoms with E-state index in [2.05, 4.69) is 11.1 Å². The van der Waals surface area contributed by atoms with Gasteiger partial charge in [0.05, 0.1) is 24.0 Å². The van der Waals surface area contributed by atoms with Crippen molar-refractivity contribution in [3.8, 4) is 6.07 Å². The summed E-state index contributed by atoms with van der Waals surface area (Å²) in [6, 6.07) is 9.68. The van der Waals surface area contributed by atoms with Gasteiger partial charge in [-0.2, -0.15) is 5.26 Å². The number of amides is 1. The molecule has 3 aromatic rings. The fourth-order valence-electron chi connectivity index (χ4n) is 3.08. The molecule has 1 amide bonds. The molecule has 3 N–H and O–H groups in total. The predicted molar refractivity (Wildman–Crippen MR) is 92.7 cm³/mol.